The van der Waals surface area contributed by atoms with Crippen LogP contribution in [0, 0.1) is 24.0 Å². The summed E-state index contributed by atoms with van der Waals surface area (Å²) in [6.45, 7) is 1.87. The Morgan fingerprint density at radius 2 is 1.97 bits per heavy atom. The zero-order chi connectivity index (χ0) is 23.3. The average molecular weight is 468 g/mol. The van der Waals surface area contributed by atoms with Crippen LogP contribution in [0.1, 0.15) is 29.5 Å². The summed E-state index contributed by atoms with van der Waals surface area (Å²) in [6, 6.07) is 1.34. The molecular formula is C18H17ClF3NO8. The predicted molar refractivity (Wildman–Crippen MR) is 98.6 cm³/mol. The molecule has 31 heavy (non-hydrogen) atoms. The number of fused-ring (bicyclic) bond motifs is 1. The number of carbonyl (C=O) groups excluding carboxylic acids is 2. The van der Waals surface area contributed by atoms with Crippen molar-refractivity contribution in [2.45, 2.75) is 39.0 Å². The standard InChI is InChI=1S/C18H17ClF3NO8/c1-9-6-13-11(10(2)15(9)19)7-12(16(31-13)18(20,21)22)17(25)29-8-28-14(24)4-3-5-30-23(26)27/h6-7,16H,3-5,8H2,1-2H3/t16-/m0/s1. The van der Waals surface area contributed by atoms with E-state index in [-0.39, 0.29) is 30.8 Å². The molecular weight excluding hydrogens is 451 g/mol. The van der Waals surface area contributed by atoms with E-state index < -0.39 is 41.7 Å². The van der Waals surface area contributed by atoms with Crippen LogP contribution in [-0.2, 0) is 23.9 Å². The highest BCUT2D eigenvalue weighted by atomic mass is 35.5. The minimum atomic E-state index is -4.92. The monoisotopic (exact) mass is 467 g/mol. The Balaban J connectivity index is 2.07. The zero-order valence-corrected chi connectivity index (χ0v) is 17.0. The van der Waals surface area contributed by atoms with Crippen molar-refractivity contribution in [3.8, 4) is 5.75 Å². The number of halogens is 4. The summed E-state index contributed by atoms with van der Waals surface area (Å²) in [5.41, 5.74) is 0.295. The Kier molecular flexibility index (Phi) is 7.71. The van der Waals surface area contributed by atoms with Crippen molar-refractivity contribution in [1.29, 1.82) is 0 Å². The quantitative estimate of drug-likeness (QED) is 0.187. The Hall–Kier alpha value is -3.02. The fourth-order valence-electron chi connectivity index (χ4n) is 2.70. The largest absolute Gasteiger partial charge is 0.475 e. The molecule has 1 heterocycles. The first-order valence-corrected chi connectivity index (χ1v) is 9.14. The van der Waals surface area contributed by atoms with Gasteiger partial charge in [-0.15, -0.1) is 10.1 Å². The maximum atomic E-state index is 13.5. The number of alkyl halides is 3. The SMILES string of the molecule is Cc1cc2c(c(C)c1Cl)C=C(C(=O)OCOC(=O)CCCO[N+](=O)[O-])[C@@H](C(F)(F)F)O2. The van der Waals surface area contributed by atoms with Gasteiger partial charge in [0.15, 0.2) is 0 Å². The number of aryl methyl sites for hydroxylation is 1. The fourth-order valence-corrected chi connectivity index (χ4v) is 2.86. The van der Waals surface area contributed by atoms with Crippen LogP contribution in [0.4, 0.5) is 13.2 Å². The van der Waals surface area contributed by atoms with E-state index in [2.05, 4.69) is 14.3 Å². The third-order valence-electron chi connectivity index (χ3n) is 4.18. The lowest BCUT2D eigenvalue weighted by molar-refractivity contribution is -0.757. The molecule has 9 nitrogen and oxygen atoms in total. The van der Waals surface area contributed by atoms with Gasteiger partial charge in [0, 0.05) is 17.0 Å². The molecule has 2 rings (SSSR count). The van der Waals surface area contributed by atoms with Crippen molar-refractivity contribution in [2.24, 2.45) is 0 Å². The molecule has 170 valence electrons. The normalized spacial score (nSPS) is 15.3. The molecule has 0 spiro atoms. The molecule has 0 aliphatic carbocycles. The lowest BCUT2D eigenvalue weighted by Crippen LogP contribution is -2.41. The number of carbonyl (C=O) groups is 2. The Morgan fingerprint density at radius 3 is 2.58 bits per heavy atom. The fraction of sp³-hybridized carbons (Fsp3) is 0.444. The number of benzene rings is 1. The van der Waals surface area contributed by atoms with E-state index in [1.807, 2.05) is 0 Å². The van der Waals surface area contributed by atoms with E-state index >= 15 is 0 Å². The van der Waals surface area contributed by atoms with Gasteiger partial charge in [-0.1, -0.05) is 11.6 Å². The highest BCUT2D eigenvalue weighted by Gasteiger charge is 2.49. The summed E-state index contributed by atoms with van der Waals surface area (Å²) < 4.78 is 54.6. The summed E-state index contributed by atoms with van der Waals surface area (Å²) in [7, 11) is 0. The molecule has 0 amide bonds. The third-order valence-corrected chi connectivity index (χ3v) is 4.77. The van der Waals surface area contributed by atoms with Gasteiger partial charge in [0.1, 0.15) is 5.75 Å². The third kappa shape index (κ3) is 6.23. The summed E-state index contributed by atoms with van der Waals surface area (Å²) in [6.07, 6.45) is -6.84. The van der Waals surface area contributed by atoms with Crippen molar-refractivity contribution in [1.82, 2.24) is 0 Å². The molecule has 0 saturated carbocycles. The van der Waals surface area contributed by atoms with Crippen molar-refractivity contribution < 1.29 is 46.9 Å². The molecule has 0 aromatic heterocycles. The van der Waals surface area contributed by atoms with Gasteiger partial charge in [0.25, 0.3) is 5.09 Å². The van der Waals surface area contributed by atoms with Crippen LogP contribution in [0.25, 0.3) is 6.08 Å². The highest BCUT2D eigenvalue weighted by Crippen LogP contribution is 2.41. The maximum Gasteiger partial charge on any atom is 0.430 e. The van der Waals surface area contributed by atoms with Crippen LogP contribution < -0.4 is 4.74 Å². The van der Waals surface area contributed by atoms with E-state index in [4.69, 9.17) is 16.3 Å². The second-order valence-electron chi connectivity index (χ2n) is 6.41. The molecule has 1 aromatic carbocycles. The topological polar surface area (TPSA) is 114 Å². The first kappa shape index (κ1) is 24.3. The minimum Gasteiger partial charge on any atom is -0.475 e. The van der Waals surface area contributed by atoms with Crippen LogP contribution in [0.15, 0.2) is 11.6 Å². The molecule has 0 radical (unpaired) electrons. The van der Waals surface area contributed by atoms with Gasteiger partial charge in [-0.3, -0.25) is 4.79 Å². The van der Waals surface area contributed by atoms with E-state index in [0.717, 1.165) is 6.08 Å². The van der Waals surface area contributed by atoms with Gasteiger partial charge in [-0.2, -0.15) is 13.2 Å². The van der Waals surface area contributed by atoms with Gasteiger partial charge < -0.3 is 19.0 Å². The molecule has 0 bridgehead atoms. The van der Waals surface area contributed by atoms with E-state index in [1.165, 1.54) is 6.07 Å². The summed E-state index contributed by atoms with van der Waals surface area (Å²) >= 11 is 6.13. The summed E-state index contributed by atoms with van der Waals surface area (Å²) in [5.74, 6) is -2.36. The number of rotatable bonds is 8. The Labute approximate surface area is 178 Å². The second-order valence-corrected chi connectivity index (χ2v) is 6.79. The van der Waals surface area contributed by atoms with Crippen molar-refractivity contribution in [2.75, 3.05) is 13.4 Å². The first-order chi connectivity index (χ1) is 14.4. The van der Waals surface area contributed by atoms with E-state index in [0.29, 0.717) is 16.1 Å². The van der Waals surface area contributed by atoms with Gasteiger partial charge >= 0.3 is 18.1 Å². The van der Waals surface area contributed by atoms with Gasteiger partial charge in [0.2, 0.25) is 12.9 Å². The van der Waals surface area contributed by atoms with Gasteiger partial charge in [-0.25, -0.2) is 4.79 Å². The van der Waals surface area contributed by atoms with Crippen LogP contribution in [0.3, 0.4) is 0 Å². The number of hydrogen-bond donors (Lipinski definition) is 0. The zero-order valence-electron chi connectivity index (χ0n) is 16.3. The molecule has 1 atom stereocenters. The maximum absolute atomic E-state index is 13.5. The van der Waals surface area contributed by atoms with Crippen molar-refractivity contribution in [3.05, 3.63) is 43.5 Å². The molecule has 0 saturated heterocycles. The van der Waals surface area contributed by atoms with E-state index in [1.54, 1.807) is 13.8 Å². The highest BCUT2D eigenvalue weighted by molar-refractivity contribution is 6.32. The average Bonchev–Trinajstić information content (AvgIpc) is 2.68. The molecule has 1 aliphatic heterocycles. The number of esters is 2. The first-order valence-electron chi connectivity index (χ1n) is 8.76. The number of nitrogens with zero attached hydrogens (tertiary/aromatic N) is 1. The predicted octanol–water partition coefficient (Wildman–Crippen LogP) is 3.70. The van der Waals surface area contributed by atoms with Crippen LogP contribution in [0.5, 0.6) is 5.75 Å². The summed E-state index contributed by atoms with van der Waals surface area (Å²) in [5, 5.41) is 9.26. The molecule has 1 aromatic rings. The Bertz CT molecular complexity index is 916. The number of ether oxygens (including phenoxy) is 3. The van der Waals surface area contributed by atoms with Crippen LogP contribution in [0.2, 0.25) is 5.02 Å². The van der Waals surface area contributed by atoms with Crippen LogP contribution >= 0.6 is 11.6 Å². The molecule has 0 N–H and O–H groups in total. The molecule has 0 fully saturated rings. The smallest absolute Gasteiger partial charge is 0.430 e. The minimum absolute atomic E-state index is 0.0425. The van der Waals surface area contributed by atoms with Crippen molar-refractivity contribution >= 4 is 29.6 Å². The van der Waals surface area contributed by atoms with Gasteiger partial charge in [-0.05, 0) is 43.5 Å². The van der Waals surface area contributed by atoms with E-state index in [9.17, 15) is 32.9 Å². The molecule has 1 aliphatic rings. The lowest BCUT2D eigenvalue weighted by atomic mass is 9.96. The van der Waals surface area contributed by atoms with Crippen LogP contribution in [-0.4, -0.2) is 42.7 Å². The molecule has 13 heteroatoms. The van der Waals surface area contributed by atoms with Gasteiger partial charge in [0.05, 0.1) is 12.2 Å². The Morgan fingerprint density at radius 1 is 1.29 bits per heavy atom. The lowest BCUT2D eigenvalue weighted by Gasteiger charge is -2.29. The summed E-state index contributed by atoms with van der Waals surface area (Å²) in [4.78, 5) is 37.7. The number of hydrogen-bond acceptors (Lipinski definition) is 8. The second kappa shape index (κ2) is 9.86. The molecule has 0 unspecified atom stereocenters. The van der Waals surface area contributed by atoms with Crippen molar-refractivity contribution in [3.63, 3.8) is 0 Å².